The van der Waals surface area contributed by atoms with Gasteiger partial charge in [-0.1, -0.05) is 59.9 Å². The number of para-hydroxylation sites is 1. The van der Waals surface area contributed by atoms with Crippen LogP contribution in [-0.2, 0) is 0 Å². The summed E-state index contributed by atoms with van der Waals surface area (Å²) in [5, 5.41) is 11.6. The average molecular weight is 442 g/mol. The second-order valence-electron chi connectivity index (χ2n) is 7.35. The summed E-state index contributed by atoms with van der Waals surface area (Å²) >= 11 is 1.27. The first-order valence-electron chi connectivity index (χ1n) is 10.1. The largest absolute Gasteiger partial charge is 0.346 e. The maximum Gasteiger partial charge on any atom is 0.283 e. The monoisotopic (exact) mass is 441 g/mol. The summed E-state index contributed by atoms with van der Waals surface area (Å²) in [5.74, 6) is -0.168. The molecule has 0 spiro atoms. The quantitative estimate of drug-likeness (QED) is 0.418. The van der Waals surface area contributed by atoms with Crippen molar-refractivity contribution in [3.8, 4) is 0 Å². The number of benzene rings is 3. The number of carbonyl (C=O) groups is 1. The zero-order valence-corrected chi connectivity index (χ0v) is 18.0. The summed E-state index contributed by atoms with van der Waals surface area (Å²) in [6.07, 6.45) is 0. The van der Waals surface area contributed by atoms with Crippen LogP contribution in [0.1, 0.15) is 28.9 Å². The Bertz CT molecular complexity index is 1490. The van der Waals surface area contributed by atoms with Crippen LogP contribution in [0.15, 0.2) is 83.7 Å². The van der Waals surface area contributed by atoms with Gasteiger partial charge in [-0.25, -0.2) is 4.98 Å². The third kappa shape index (κ3) is 3.83. The zero-order valence-electron chi connectivity index (χ0n) is 17.1. The summed E-state index contributed by atoms with van der Waals surface area (Å²) < 4.78 is 1.30. The lowest BCUT2D eigenvalue weighted by atomic mass is 10.1. The summed E-state index contributed by atoms with van der Waals surface area (Å²) in [6.45, 7) is 1.95. The van der Waals surface area contributed by atoms with Gasteiger partial charge in [0, 0.05) is 11.3 Å². The van der Waals surface area contributed by atoms with Gasteiger partial charge in [-0.05, 0) is 42.8 Å². The molecule has 2 N–H and O–H groups in total. The van der Waals surface area contributed by atoms with Crippen LogP contribution in [0.5, 0.6) is 0 Å². The predicted octanol–water partition coefficient (Wildman–Crippen LogP) is 4.54. The number of amides is 1. The molecule has 0 unspecified atom stereocenters. The number of carbonyl (C=O) groups excluding carboxylic acids is 1. The van der Waals surface area contributed by atoms with Gasteiger partial charge in [0.1, 0.15) is 0 Å². The van der Waals surface area contributed by atoms with Crippen LogP contribution in [-0.4, -0.2) is 20.5 Å². The molecule has 0 aliphatic carbocycles. The fourth-order valence-electron chi connectivity index (χ4n) is 3.47. The van der Waals surface area contributed by atoms with Crippen LogP contribution in [0.4, 0.5) is 10.8 Å². The Labute approximate surface area is 187 Å². The summed E-state index contributed by atoms with van der Waals surface area (Å²) in [4.78, 5) is 30.5. The van der Waals surface area contributed by atoms with E-state index in [9.17, 15) is 9.59 Å². The lowest BCUT2D eigenvalue weighted by molar-refractivity contribution is 0.0940. The van der Waals surface area contributed by atoms with Crippen LogP contribution in [0, 0.1) is 0 Å². The van der Waals surface area contributed by atoms with Gasteiger partial charge in [-0.2, -0.15) is 4.52 Å². The Morgan fingerprint density at radius 3 is 2.62 bits per heavy atom. The van der Waals surface area contributed by atoms with Crippen molar-refractivity contribution < 1.29 is 4.79 Å². The molecule has 2 heterocycles. The van der Waals surface area contributed by atoms with Gasteiger partial charge in [-0.15, -0.1) is 5.10 Å². The summed E-state index contributed by atoms with van der Waals surface area (Å²) in [5.41, 5.74) is 2.69. The van der Waals surface area contributed by atoms with Crippen LogP contribution < -0.4 is 16.2 Å². The Morgan fingerprint density at radius 1 is 1.00 bits per heavy atom. The minimum atomic E-state index is -0.210. The van der Waals surface area contributed by atoms with E-state index in [0.717, 1.165) is 5.56 Å². The third-order valence-corrected chi connectivity index (χ3v) is 5.95. The molecule has 0 saturated heterocycles. The number of hydrogen-bond donors (Lipinski definition) is 2. The van der Waals surface area contributed by atoms with Crippen molar-refractivity contribution in [1.82, 2.24) is 19.9 Å². The van der Waals surface area contributed by atoms with Crippen LogP contribution in [0.2, 0.25) is 0 Å². The van der Waals surface area contributed by atoms with Gasteiger partial charge in [0.15, 0.2) is 0 Å². The predicted molar refractivity (Wildman–Crippen MR) is 127 cm³/mol. The second kappa shape index (κ2) is 8.24. The van der Waals surface area contributed by atoms with E-state index in [1.54, 1.807) is 30.3 Å². The molecule has 5 rings (SSSR count). The van der Waals surface area contributed by atoms with E-state index >= 15 is 0 Å². The molecule has 0 saturated carbocycles. The van der Waals surface area contributed by atoms with Crippen molar-refractivity contribution in [1.29, 1.82) is 0 Å². The van der Waals surface area contributed by atoms with Crippen molar-refractivity contribution >= 4 is 43.9 Å². The van der Waals surface area contributed by atoms with Crippen molar-refractivity contribution in [3.05, 3.63) is 100 Å². The molecule has 8 heteroatoms. The Hall–Kier alpha value is -4.04. The highest BCUT2D eigenvalue weighted by molar-refractivity contribution is 7.20. The Balaban J connectivity index is 1.38. The lowest BCUT2D eigenvalue weighted by Crippen LogP contribution is -2.26. The van der Waals surface area contributed by atoms with Gasteiger partial charge >= 0.3 is 0 Å². The minimum Gasteiger partial charge on any atom is -0.346 e. The van der Waals surface area contributed by atoms with Crippen molar-refractivity contribution in [2.45, 2.75) is 13.0 Å². The molecule has 0 fully saturated rings. The van der Waals surface area contributed by atoms with E-state index in [0.29, 0.717) is 32.2 Å². The van der Waals surface area contributed by atoms with Gasteiger partial charge in [0.05, 0.1) is 16.9 Å². The fraction of sp³-hybridized carbons (Fsp3) is 0.0833. The fourth-order valence-corrected chi connectivity index (χ4v) is 4.29. The molecule has 158 valence electrons. The average Bonchev–Trinajstić information content (AvgIpc) is 3.22. The highest BCUT2D eigenvalue weighted by atomic mass is 32.1. The summed E-state index contributed by atoms with van der Waals surface area (Å²) in [7, 11) is 0. The van der Waals surface area contributed by atoms with E-state index in [-0.39, 0.29) is 17.5 Å². The first-order valence-corrected chi connectivity index (χ1v) is 10.9. The number of anilines is 2. The van der Waals surface area contributed by atoms with Gasteiger partial charge < -0.3 is 10.6 Å². The Kier molecular flexibility index (Phi) is 5.12. The highest BCUT2D eigenvalue weighted by Crippen LogP contribution is 2.23. The molecule has 0 aliphatic heterocycles. The molecule has 3 aromatic carbocycles. The lowest BCUT2D eigenvalue weighted by Gasteiger charge is -2.14. The first-order chi connectivity index (χ1) is 15.6. The number of nitrogens with one attached hydrogen (secondary N) is 2. The number of hydrogen-bond acceptors (Lipinski definition) is 6. The molecule has 32 heavy (non-hydrogen) atoms. The number of rotatable bonds is 5. The topological polar surface area (TPSA) is 88.4 Å². The molecular weight excluding hydrogens is 422 g/mol. The Morgan fingerprint density at radius 2 is 1.78 bits per heavy atom. The molecule has 1 atom stereocenters. The molecule has 1 amide bonds. The van der Waals surface area contributed by atoms with Crippen molar-refractivity contribution in [2.24, 2.45) is 0 Å². The SMILES string of the molecule is C[C@@H](NC(=O)c1cccc(Nc2nn3c(=O)c4ccccc4nc3s2)c1)c1ccccc1. The van der Waals surface area contributed by atoms with Crippen molar-refractivity contribution in [2.75, 3.05) is 5.32 Å². The number of nitrogens with zero attached hydrogens (tertiary/aromatic N) is 3. The van der Waals surface area contributed by atoms with E-state index in [1.807, 2.05) is 55.5 Å². The summed E-state index contributed by atoms with van der Waals surface area (Å²) in [6, 6.07) is 24.0. The molecule has 2 aromatic heterocycles. The van der Waals surface area contributed by atoms with Crippen LogP contribution in [0.3, 0.4) is 0 Å². The maximum absolute atomic E-state index is 12.7. The molecule has 5 aromatic rings. The van der Waals surface area contributed by atoms with Gasteiger partial charge in [0.25, 0.3) is 11.5 Å². The van der Waals surface area contributed by atoms with E-state index in [2.05, 4.69) is 20.7 Å². The van der Waals surface area contributed by atoms with Crippen LogP contribution >= 0.6 is 11.3 Å². The minimum absolute atomic E-state index is 0.114. The molecule has 0 bridgehead atoms. The van der Waals surface area contributed by atoms with E-state index in [4.69, 9.17) is 0 Å². The van der Waals surface area contributed by atoms with Crippen molar-refractivity contribution in [3.63, 3.8) is 0 Å². The smallest absolute Gasteiger partial charge is 0.283 e. The highest BCUT2D eigenvalue weighted by Gasteiger charge is 2.13. The molecule has 7 nitrogen and oxygen atoms in total. The zero-order chi connectivity index (χ0) is 22.1. The van der Waals surface area contributed by atoms with E-state index in [1.165, 1.54) is 15.9 Å². The second-order valence-corrected chi connectivity index (χ2v) is 8.30. The third-order valence-electron chi connectivity index (χ3n) is 5.13. The first kappa shape index (κ1) is 19.9. The number of aromatic nitrogens is 3. The number of fused-ring (bicyclic) bond motifs is 2. The maximum atomic E-state index is 12.7. The molecule has 0 radical (unpaired) electrons. The van der Waals surface area contributed by atoms with Crippen LogP contribution in [0.25, 0.3) is 15.9 Å². The molecular formula is C24H19N5O2S. The van der Waals surface area contributed by atoms with Gasteiger partial charge in [-0.3, -0.25) is 9.59 Å². The van der Waals surface area contributed by atoms with E-state index < -0.39 is 0 Å². The van der Waals surface area contributed by atoms with Gasteiger partial charge in [0.2, 0.25) is 10.1 Å². The standard InChI is InChI=1S/C24H19N5O2S/c1-15(16-8-3-2-4-9-16)25-21(30)17-10-7-11-18(14-17)26-23-28-29-22(31)19-12-5-6-13-20(19)27-24(29)32-23/h2-15H,1H3,(H,25,30)(H,26,28)/t15-/m1/s1. The molecule has 0 aliphatic rings. The normalized spacial score (nSPS) is 12.0.